The summed E-state index contributed by atoms with van der Waals surface area (Å²) < 4.78 is 31.1. The van der Waals surface area contributed by atoms with Crippen molar-refractivity contribution >= 4 is 28.3 Å². The summed E-state index contributed by atoms with van der Waals surface area (Å²) >= 11 is 0. The Morgan fingerprint density at radius 3 is 2.24 bits per heavy atom. The van der Waals surface area contributed by atoms with Crippen LogP contribution in [0.25, 0.3) is 0 Å². The first-order valence-corrected chi connectivity index (χ1v) is 9.24. The van der Waals surface area contributed by atoms with E-state index < -0.39 is 15.6 Å². The number of carbonyl (C=O) groups excluding carboxylic acids is 1. The van der Waals surface area contributed by atoms with Gasteiger partial charge in [-0.25, -0.2) is 12.7 Å². The smallest absolute Gasteiger partial charge is 0.251 e. The van der Waals surface area contributed by atoms with Crippen LogP contribution in [0.2, 0.25) is 0 Å². The highest BCUT2D eigenvalue weighted by molar-refractivity contribution is 7.89. The van der Waals surface area contributed by atoms with E-state index in [4.69, 9.17) is 10.5 Å². The van der Waals surface area contributed by atoms with E-state index in [2.05, 4.69) is 5.32 Å². The Balaban J connectivity index is 0.00000576. The normalized spacial score (nSPS) is 11.8. The summed E-state index contributed by atoms with van der Waals surface area (Å²) in [5.74, 6) is -0.168. The minimum Gasteiger partial charge on any atom is -0.495 e. The van der Waals surface area contributed by atoms with Crippen LogP contribution in [-0.2, 0) is 10.0 Å². The number of nitrogens with zero attached hydrogens (tertiary/aromatic N) is 1. The molecule has 7 nitrogen and oxygen atoms in total. The molecule has 1 amide bonds. The SMILES string of the molecule is CCC(CC)(CN)NC(=O)c1ccc(OC)c(S(=O)(=O)N(C)C)c1.Cl. The zero-order chi connectivity index (χ0) is 18.5. The van der Waals surface area contributed by atoms with Gasteiger partial charge < -0.3 is 15.8 Å². The first-order chi connectivity index (χ1) is 11.2. The molecule has 1 aromatic rings. The Hall–Kier alpha value is -1.35. The Bertz CT molecular complexity index is 680. The van der Waals surface area contributed by atoms with Gasteiger partial charge in [0, 0.05) is 26.2 Å². The summed E-state index contributed by atoms with van der Waals surface area (Å²) in [5.41, 5.74) is 5.55. The van der Waals surface area contributed by atoms with Crippen molar-refractivity contribution in [3.8, 4) is 5.75 Å². The van der Waals surface area contributed by atoms with Crippen molar-refractivity contribution in [1.29, 1.82) is 0 Å². The first-order valence-electron chi connectivity index (χ1n) is 7.80. The summed E-state index contributed by atoms with van der Waals surface area (Å²) in [5, 5.41) is 2.93. The number of hydrogen-bond acceptors (Lipinski definition) is 5. The molecule has 1 rings (SSSR count). The number of sulfonamides is 1. The molecule has 0 saturated heterocycles. The van der Waals surface area contributed by atoms with Crippen molar-refractivity contribution in [3.63, 3.8) is 0 Å². The van der Waals surface area contributed by atoms with Gasteiger partial charge in [-0.2, -0.15) is 0 Å². The van der Waals surface area contributed by atoms with Crippen molar-refractivity contribution < 1.29 is 17.9 Å². The van der Waals surface area contributed by atoms with E-state index >= 15 is 0 Å². The van der Waals surface area contributed by atoms with Gasteiger partial charge in [0.25, 0.3) is 5.91 Å². The number of nitrogens with one attached hydrogen (secondary N) is 1. The number of amides is 1. The molecular formula is C16H28ClN3O4S. The summed E-state index contributed by atoms with van der Waals surface area (Å²) in [6.45, 7) is 4.21. The lowest BCUT2D eigenvalue weighted by Crippen LogP contribution is -2.52. The highest BCUT2D eigenvalue weighted by Gasteiger charge is 2.28. The quantitative estimate of drug-likeness (QED) is 0.698. The maximum absolute atomic E-state index is 12.6. The molecule has 0 bridgehead atoms. The van der Waals surface area contributed by atoms with E-state index in [1.54, 1.807) is 0 Å². The summed E-state index contributed by atoms with van der Waals surface area (Å²) in [6, 6.07) is 4.35. The Morgan fingerprint density at radius 2 is 1.84 bits per heavy atom. The Kier molecular flexibility index (Phi) is 8.87. The van der Waals surface area contributed by atoms with Crippen molar-refractivity contribution in [3.05, 3.63) is 23.8 Å². The molecule has 25 heavy (non-hydrogen) atoms. The van der Waals surface area contributed by atoms with Crippen LogP contribution in [0.15, 0.2) is 23.1 Å². The van der Waals surface area contributed by atoms with E-state index in [-0.39, 0.29) is 34.5 Å². The maximum Gasteiger partial charge on any atom is 0.251 e. The molecule has 0 aliphatic heterocycles. The number of rotatable bonds is 8. The lowest BCUT2D eigenvalue weighted by Gasteiger charge is -2.31. The highest BCUT2D eigenvalue weighted by atomic mass is 35.5. The monoisotopic (exact) mass is 393 g/mol. The molecule has 0 aliphatic rings. The third kappa shape index (κ3) is 5.07. The van der Waals surface area contributed by atoms with E-state index in [0.29, 0.717) is 19.4 Å². The van der Waals surface area contributed by atoms with E-state index in [1.807, 2.05) is 13.8 Å². The average molecular weight is 394 g/mol. The molecule has 0 unspecified atom stereocenters. The third-order valence-corrected chi connectivity index (χ3v) is 6.14. The number of hydrogen-bond donors (Lipinski definition) is 2. The van der Waals surface area contributed by atoms with Crippen LogP contribution < -0.4 is 15.8 Å². The number of halogens is 1. The van der Waals surface area contributed by atoms with Crippen LogP contribution in [-0.4, -0.2) is 51.9 Å². The largest absolute Gasteiger partial charge is 0.495 e. The van der Waals surface area contributed by atoms with Gasteiger partial charge in [0.15, 0.2) is 0 Å². The Labute approximate surface area is 156 Å². The predicted molar refractivity (Wildman–Crippen MR) is 101 cm³/mol. The van der Waals surface area contributed by atoms with Gasteiger partial charge >= 0.3 is 0 Å². The molecule has 0 radical (unpaired) electrons. The van der Waals surface area contributed by atoms with Crippen molar-refractivity contribution in [2.24, 2.45) is 5.73 Å². The number of benzene rings is 1. The molecule has 0 saturated carbocycles. The van der Waals surface area contributed by atoms with Crippen LogP contribution in [0, 0.1) is 0 Å². The van der Waals surface area contributed by atoms with Crippen molar-refractivity contribution in [1.82, 2.24) is 9.62 Å². The number of ether oxygens (including phenoxy) is 1. The Morgan fingerprint density at radius 1 is 1.28 bits per heavy atom. The van der Waals surface area contributed by atoms with E-state index in [1.165, 1.54) is 39.4 Å². The van der Waals surface area contributed by atoms with Gasteiger partial charge in [-0.15, -0.1) is 12.4 Å². The van der Waals surface area contributed by atoms with Crippen LogP contribution in [0.1, 0.15) is 37.0 Å². The number of nitrogens with two attached hydrogens (primary N) is 1. The van der Waals surface area contributed by atoms with E-state index in [9.17, 15) is 13.2 Å². The van der Waals surface area contributed by atoms with Crippen molar-refractivity contribution in [2.75, 3.05) is 27.7 Å². The zero-order valence-corrected chi connectivity index (χ0v) is 17.0. The molecule has 3 N–H and O–H groups in total. The minimum absolute atomic E-state index is 0. The van der Waals surface area contributed by atoms with Gasteiger partial charge in [-0.05, 0) is 31.0 Å². The lowest BCUT2D eigenvalue weighted by atomic mass is 9.92. The highest BCUT2D eigenvalue weighted by Crippen LogP contribution is 2.27. The maximum atomic E-state index is 12.6. The molecule has 0 fully saturated rings. The molecular weight excluding hydrogens is 366 g/mol. The van der Waals surface area contributed by atoms with Crippen LogP contribution in [0.3, 0.4) is 0 Å². The molecule has 144 valence electrons. The molecule has 0 spiro atoms. The zero-order valence-electron chi connectivity index (χ0n) is 15.3. The van der Waals surface area contributed by atoms with Crippen LogP contribution in [0.4, 0.5) is 0 Å². The van der Waals surface area contributed by atoms with E-state index in [0.717, 1.165) is 4.31 Å². The summed E-state index contributed by atoms with van der Waals surface area (Å²) in [7, 11) is 0.505. The molecule has 1 aromatic carbocycles. The lowest BCUT2D eigenvalue weighted by molar-refractivity contribution is 0.0895. The number of methoxy groups -OCH3 is 1. The fourth-order valence-corrected chi connectivity index (χ4v) is 3.37. The molecule has 9 heteroatoms. The standard InChI is InChI=1S/C16H27N3O4S.ClH/c1-6-16(7-2,11-17)18-15(20)12-8-9-13(23-5)14(10-12)24(21,22)19(3)4;/h8-10H,6-7,11,17H2,1-5H3,(H,18,20);1H. The molecule has 0 aliphatic carbocycles. The van der Waals surface area contributed by atoms with Gasteiger partial charge in [0.1, 0.15) is 10.6 Å². The third-order valence-electron chi connectivity index (χ3n) is 4.31. The predicted octanol–water partition coefficient (Wildman–Crippen LogP) is 1.61. The van der Waals surface area contributed by atoms with Gasteiger partial charge in [0.05, 0.1) is 12.6 Å². The second-order valence-electron chi connectivity index (χ2n) is 5.80. The second kappa shape index (κ2) is 9.38. The average Bonchev–Trinajstić information content (AvgIpc) is 2.58. The summed E-state index contributed by atoms with van der Waals surface area (Å²) in [6.07, 6.45) is 1.37. The molecule has 0 atom stereocenters. The minimum atomic E-state index is -3.73. The fourth-order valence-electron chi connectivity index (χ4n) is 2.30. The molecule has 0 heterocycles. The van der Waals surface area contributed by atoms with Crippen LogP contribution in [0.5, 0.6) is 5.75 Å². The van der Waals surface area contributed by atoms with Gasteiger partial charge in [-0.1, -0.05) is 13.8 Å². The number of carbonyl (C=O) groups is 1. The van der Waals surface area contributed by atoms with Gasteiger partial charge in [-0.3, -0.25) is 4.79 Å². The van der Waals surface area contributed by atoms with Crippen molar-refractivity contribution in [2.45, 2.75) is 37.1 Å². The first kappa shape index (κ1) is 23.6. The van der Waals surface area contributed by atoms with Gasteiger partial charge in [0.2, 0.25) is 10.0 Å². The van der Waals surface area contributed by atoms with Crippen LogP contribution >= 0.6 is 12.4 Å². The second-order valence-corrected chi connectivity index (χ2v) is 7.92. The fraction of sp³-hybridized carbons (Fsp3) is 0.562. The molecule has 0 aromatic heterocycles. The topological polar surface area (TPSA) is 102 Å². The summed E-state index contributed by atoms with van der Waals surface area (Å²) in [4.78, 5) is 12.5.